The van der Waals surface area contributed by atoms with Gasteiger partial charge in [0.2, 0.25) is 0 Å². The molecule has 1 heterocycles. The van der Waals surface area contributed by atoms with Crippen molar-refractivity contribution in [2.45, 2.75) is 26.4 Å². The number of benzene rings is 2. The molecule has 1 unspecified atom stereocenters. The topological polar surface area (TPSA) is 30.5 Å². The fourth-order valence-electron chi connectivity index (χ4n) is 2.82. The Labute approximate surface area is 132 Å². The quantitative estimate of drug-likeness (QED) is 0.906. The van der Waals surface area contributed by atoms with Gasteiger partial charge in [-0.05, 0) is 29.2 Å². The SMILES string of the molecule is CC(C)C(NCc1ccc2c(c1)OCCO2)c1ccccc1. The van der Waals surface area contributed by atoms with Gasteiger partial charge in [-0.3, -0.25) is 0 Å². The summed E-state index contributed by atoms with van der Waals surface area (Å²) in [5.74, 6) is 2.23. The summed E-state index contributed by atoms with van der Waals surface area (Å²) in [4.78, 5) is 0. The second kappa shape index (κ2) is 6.84. The van der Waals surface area contributed by atoms with Gasteiger partial charge in [0.1, 0.15) is 13.2 Å². The molecule has 0 fully saturated rings. The molecule has 1 N–H and O–H groups in total. The molecule has 0 amide bonds. The van der Waals surface area contributed by atoms with Crippen LogP contribution in [0.1, 0.15) is 31.0 Å². The zero-order chi connectivity index (χ0) is 15.4. The summed E-state index contributed by atoms with van der Waals surface area (Å²) in [6.07, 6.45) is 0. The number of rotatable bonds is 5. The maximum Gasteiger partial charge on any atom is 0.161 e. The Balaban J connectivity index is 1.70. The van der Waals surface area contributed by atoms with Crippen molar-refractivity contribution in [3.63, 3.8) is 0 Å². The lowest BCUT2D eigenvalue weighted by Gasteiger charge is -2.24. The molecule has 0 radical (unpaired) electrons. The zero-order valence-electron chi connectivity index (χ0n) is 13.2. The molecule has 1 aliphatic heterocycles. The van der Waals surface area contributed by atoms with E-state index in [4.69, 9.17) is 9.47 Å². The normalized spacial score (nSPS) is 14.9. The van der Waals surface area contributed by atoms with Crippen LogP contribution in [0.25, 0.3) is 0 Å². The van der Waals surface area contributed by atoms with Gasteiger partial charge in [0.15, 0.2) is 11.5 Å². The molecule has 3 heteroatoms. The highest BCUT2D eigenvalue weighted by Crippen LogP contribution is 2.31. The third-order valence-corrected chi connectivity index (χ3v) is 3.96. The van der Waals surface area contributed by atoms with Crippen LogP contribution in [0, 0.1) is 5.92 Å². The van der Waals surface area contributed by atoms with Crippen molar-refractivity contribution in [3.8, 4) is 11.5 Å². The smallest absolute Gasteiger partial charge is 0.161 e. The van der Waals surface area contributed by atoms with Crippen LogP contribution in [-0.4, -0.2) is 13.2 Å². The number of ether oxygens (including phenoxy) is 2. The first-order valence-electron chi connectivity index (χ1n) is 7.91. The van der Waals surface area contributed by atoms with Gasteiger partial charge in [-0.1, -0.05) is 50.2 Å². The molecule has 2 aromatic carbocycles. The van der Waals surface area contributed by atoms with E-state index < -0.39 is 0 Å². The Hall–Kier alpha value is -2.00. The summed E-state index contributed by atoms with van der Waals surface area (Å²) in [6.45, 7) is 6.56. The number of nitrogens with one attached hydrogen (secondary N) is 1. The summed E-state index contributed by atoms with van der Waals surface area (Å²) < 4.78 is 11.2. The van der Waals surface area contributed by atoms with Crippen LogP contribution in [0.15, 0.2) is 48.5 Å². The Morgan fingerprint density at radius 3 is 2.41 bits per heavy atom. The minimum absolute atomic E-state index is 0.342. The van der Waals surface area contributed by atoms with Crippen molar-refractivity contribution in [2.75, 3.05) is 13.2 Å². The van der Waals surface area contributed by atoms with E-state index in [2.05, 4.69) is 61.6 Å². The number of hydrogen-bond donors (Lipinski definition) is 1. The fourth-order valence-corrected chi connectivity index (χ4v) is 2.82. The minimum Gasteiger partial charge on any atom is -0.486 e. The van der Waals surface area contributed by atoms with Gasteiger partial charge in [-0.25, -0.2) is 0 Å². The average molecular weight is 297 g/mol. The van der Waals surface area contributed by atoms with Crippen LogP contribution in [0.4, 0.5) is 0 Å². The monoisotopic (exact) mass is 297 g/mol. The van der Waals surface area contributed by atoms with E-state index >= 15 is 0 Å². The van der Waals surface area contributed by atoms with E-state index in [1.165, 1.54) is 11.1 Å². The van der Waals surface area contributed by atoms with E-state index in [9.17, 15) is 0 Å². The molecule has 0 bridgehead atoms. The molecule has 1 atom stereocenters. The second-order valence-electron chi connectivity index (χ2n) is 5.99. The Bertz CT molecular complexity index is 610. The molecule has 0 aliphatic carbocycles. The molecule has 3 rings (SSSR count). The Morgan fingerprint density at radius 1 is 0.955 bits per heavy atom. The third kappa shape index (κ3) is 3.42. The van der Waals surface area contributed by atoms with E-state index in [-0.39, 0.29) is 0 Å². The van der Waals surface area contributed by atoms with Crippen LogP contribution in [-0.2, 0) is 6.54 Å². The van der Waals surface area contributed by atoms with Crippen LogP contribution < -0.4 is 14.8 Å². The van der Waals surface area contributed by atoms with Gasteiger partial charge >= 0.3 is 0 Å². The van der Waals surface area contributed by atoms with Crippen molar-refractivity contribution < 1.29 is 9.47 Å². The fraction of sp³-hybridized carbons (Fsp3) is 0.368. The van der Waals surface area contributed by atoms with Gasteiger partial charge in [0.05, 0.1) is 0 Å². The Morgan fingerprint density at radius 2 is 1.68 bits per heavy atom. The lowest BCUT2D eigenvalue weighted by atomic mass is 9.96. The molecule has 22 heavy (non-hydrogen) atoms. The van der Waals surface area contributed by atoms with Gasteiger partial charge in [-0.2, -0.15) is 0 Å². The largest absolute Gasteiger partial charge is 0.486 e. The minimum atomic E-state index is 0.342. The van der Waals surface area contributed by atoms with Crippen LogP contribution in [0.3, 0.4) is 0 Å². The molecule has 0 saturated heterocycles. The summed E-state index contributed by atoms with van der Waals surface area (Å²) in [5, 5.41) is 3.66. The summed E-state index contributed by atoms with van der Waals surface area (Å²) in [6, 6.07) is 17.1. The molecule has 2 aromatic rings. The molecule has 0 saturated carbocycles. The highest BCUT2D eigenvalue weighted by molar-refractivity contribution is 5.43. The maximum atomic E-state index is 5.65. The Kier molecular flexibility index (Phi) is 4.64. The van der Waals surface area contributed by atoms with Crippen LogP contribution in [0.2, 0.25) is 0 Å². The molecule has 1 aliphatic rings. The van der Waals surface area contributed by atoms with Gasteiger partial charge in [-0.15, -0.1) is 0 Å². The van der Waals surface area contributed by atoms with E-state index in [1.54, 1.807) is 0 Å². The van der Waals surface area contributed by atoms with Gasteiger partial charge in [0.25, 0.3) is 0 Å². The third-order valence-electron chi connectivity index (χ3n) is 3.96. The van der Waals surface area contributed by atoms with E-state index in [0.717, 1.165) is 18.0 Å². The molecule has 3 nitrogen and oxygen atoms in total. The van der Waals surface area contributed by atoms with Crippen molar-refractivity contribution in [1.29, 1.82) is 0 Å². The second-order valence-corrected chi connectivity index (χ2v) is 5.99. The summed E-state index contributed by atoms with van der Waals surface area (Å²) in [7, 11) is 0. The standard InChI is InChI=1S/C19H23NO2/c1-14(2)19(16-6-4-3-5-7-16)20-13-15-8-9-17-18(12-15)22-11-10-21-17/h3-9,12,14,19-20H,10-11,13H2,1-2H3. The van der Waals surface area contributed by atoms with Gasteiger partial charge < -0.3 is 14.8 Å². The van der Waals surface area contributed by atoms with Crippen molar-refractivity contribution in [1.82, 2.24) is 5.32 Å². The first-order valence-corrected chi connectivity index (χ1v) is 7.91. The molecule has 0 spiro atoms. The van der Waals surface area contributed by atoms with Crippen molar-refractivity contribution >= 4 is 0 Å². The predicted molar refractivity (Wildman–Crippen MR) is 88.3 cm³/mol. The van der Waals surface area contributed by atoms with Gasteiger partial charge in [0, 0.05) is 12.6 Å². The molecule has 116 valence electrons. The number of fused-ring (bicyclic) bond motifs is 1. The maximum absolute atomic E-state index is 5.65. The molecular weight excluding hydrogens is 274 g/mol. The summed E-state index contributed by atoms with van der Waals surface area (Å²) in [5.41, 5.74) is 2.54. The first kappa shape index (κ1) is 14.9. The predicted octanol–water partition coefficient (Wildman–Crippen LogP) is 3.94. The molecular formula is C19H23NO2. The zero-order valence-corrected chi connectivity index (χ0v) is 13.2. The summed E-state index contributed by atoms with van der Waals surface area (Å²) >= 11 is 0. The average Bonchev–Trinajstić information content (AvgIpc) is 2.55. The van der Waals surface area contributed by atoms with Crippen LogP contribution in [0.5, 0.6) is 11.5 Å². The van der Waals surface area contributed by atoms with E-state index in [1.807, 2.05) is 6.07 Å². The first-order chi connectivity index (χ1) is 10.7. The van der Waals surface area contributed by atoms with E-state index in [0.29, 0.717) is 25.2 Å². The highest BCUT2D eigenvalue weighted by Gasteiger charge is 2.16. The number of hydrogen-bond acceptors (Lipinski definition) is 3. The van der Waals surface area contributed by atoms with Crippen molar-refractivity contribution in [3.05, 3.63) is 59.7 Å². The highest BCUT2D eigenvalue weighted by atomic mass is 16.6. The van der Waals surface area contributed by atoms with Crippen LogP contribution >= 0.6 is 0 Å². The molecule has 0 aromatic heterocycles. The lowest BCUT2D eigenvalue weighted by molar-refractivity contribution is 0.171. The lowest BCUT2D eigenvalue weighted by Crippen LogP contribution is -2.25. The van der Waals surface area contributed by atoms with Crippen molar-refractivity contribution in [2.24, 2.45) is 5.92 Å².